The van der Waals surface area contributed by atoms with Crippen LogP contribution in [0.4, 0.5) is 0 Å². The van der Waals surface area contributed by atoms with Gasteiger partial charge in [0, 0.05) is 12.3 Å². The smallest absolute Gasteiger partial charge is 0.147 e. The fraction of sp³-hybridized carbons (Fsp3) is 1.00. The summed E-state index contributed by atoms with van der Waals surface area (Å²) in [5.41, 5.74) is 2.70. The fourth-order valence-electron chi connectivity index (χ4n) is 1.67. The van der Waals surface area contributed by atoms with Crippen molar-refractivity contribution < 1.29 is 8.42 Å². The van der Waals surface area contributed by atoms with E-state index in [9.17, 15) is 8.42 Å². The molecule has 78 valence electrons. The summed E-state index contributed by atoms with van der Waals surface area (Å²) in [6.45, 7) is 2.16. The topological polar surface area (TPSA) is 72.2 Å². The van der Waals surface area contributed by atoms with Gasteiger partial charge < -0.3 is 0 Å². The Morgan fingerprint density at radius 2 is 2.15 bits per heavy atom. The Morgan fingerprint density at radius 3 is 2.46 bits per heavy atom. The average Bonchev–Trinajstić information content (AvgIpc) is 2.66. The lowest BCUT2D eigenvalue weighted by Gasteiger charge is -2.14. The fourth-order valence-corrected chi connectivity index (χ4v) is 2.36. The first kappa shape index (κ1) is 10.9. The molecule has 1 saturated carbocycles. The van der Waals surface area contributed by atoms with Crippen LogP contribution in [0.2, 0.25) is 0 Å². The van der Waals surface area contributed by atoms with Crippen LogP contribution in [0.1, 0.15) is 19.8 Å². The van der Waals surface area contributed by atoms with Gasteiger partial charge in [-0.1, -0.05) is 6.92 Å². The van der Waals surface area contributed by atoms with Crippen molar-refractivity contribution >= 4 is 9.84 Å². The van der Waals surface area contributed by atoms with Crippen molar-refractivity contribution in [3.05, 3.63) is 0 Å². The van der Waals surface area contributed by atoms with Gasteiger partial charge in [-0.05, 0) is 24.7 Å². The molecule has 0 aromatic heterocycles. The van der Waals surface area contributed by atoms with Crippen molar-refractivity contribution in [2.24, 2.45) is 17.7 Å². The van der Waals surface area contributed by atoms with Gasteiger partial charge in [-0.15, -0.1) is 0 Å². The Balaban J connectivity index is 2.33. The average molecular weight is 206 g/mol. The monoisotopic (exact) mass is 206 g/mol. The number of hydrogen-bond acceptors (Lipinski definition) is 4. The van der Waals surface area contributed by atoms with E-state index >= 15 is 0 Å². The molecule has 0 aromatic carbocycles. The van der Waals surface area contributed by atoms with Crippen molar-refractivity contribution in [1.29, 1.82) is 0 Å². The maximum absolute atomic E-state index is 10.9. The molecule has 1 aliphatic rings. The zero-order valence-corrected chi connectivity index (χ0v) is 8.97. The second kappa shape index (κ2) is 3.94. The van der Waals surface area contributed by atoms with E-state index in [2.05, 4.69) is 12.3 Å². The third-order valence-corrected chi connectivity index (χ3v) is 3.68. The Hall–Kier alpha value is -0.130. The highest BCUT2D eigenvalue weighted by molar-refractivity contribution is 7.90. The SMILES string of the molecule is CC1CC1C(CCS(C)(=O)=O)NN. The molecule has 4 nitrogen and oxygen atoms in total. The minimum Gasteiger partial charge on any atom is -0.271 e. The van der Waals surface area contributed by atoms with E-state index < -0.39 is 9.84 Å². The van der Waals surface area contributed by atoms with Crippen molar-refractivity contribution in [1.82, 2.24) is 5.43 Å². The van der Waals surface area contributed by atoms with Gasteiger partial charge in [0.1, 0.15) is 9.84 Å². The van der Waals surface area contributed by atoms with E-state index in [0.29, 0.717) is 18.3 Å². The second-order valence-electron chi connectivity index (χ2n) is 4.07. The van der Waals surface area contributed by atoms with Crippen LogP contribution in [0, 0.1) is 11.8 Å². The largest absolute Gasteiger partial charge is 0.271 e. The van der Waals surface area contributed by atoms with E-state index in [4.69, 9.17) is 5.84 Å². The molecule has 0 spiro atoms. The highest BCUT2D eigenvalue weighted by Gasteiger charge is 2.38. The number of hydrogen-bond donors (Lipinski definition) is 2. The first-order chi connectivity index (χ1) is 5.94. The molecule has 1 fully saturated rings. The number of nitrogens with two attached hydrogens (primary N) is 1. The van der Waals surface area contributed by atoms with Crippen LogP contribution in [-0.4, -0.2) is 26.5 Å². The molecule has 0 radical (unpaired) electrons. The number of sulfone groups is 1. The molecule has 0 amide bonds. The number of nitrogens with one attached hydrogen (secondary N) is 1. The van der Waals surface area contributed by atoms with Crippen LogP contribution in [0.25, 0.3) is 0 Å². The second-order valence-corrected chi connectivity index (χ2v) is 6.33. The predicted molar refractivity (Wildman–Crippen MR) is 52.7 cm³/mol. The van der Waals surface area contributed by atoms with Crippen molar-refractivity contribution in [2.75, 3.05) is 12.0 Å². The predicted octanol–water partition coefficient (Wildman–Crippen LogP) is -0.0910. The quantitative estimate of drug-likeness (QED) is 0.487. The summed E-state index contributed by atoms with van der Waals surface area (Å²) in [5, 5.41) is 0. The van der Waals surface area contributed by atoms with Crippen molar-refractivity contribution in [3.63, 3.8) is 0 Å². The Labute approximate surface area is 79.8 Å². The third-order valence-electron chi connectivity index (χ3n) is 2.70. The van der Waals surface area contributed by atoms with E-state index in [-0.39, 0.29) is 11.8 Å². The Bertz CT molecular complexity index is 263. The Morgan fingerprint density at radius 1 is 1.62 bits per heavy atom. The van der Waals surface area contributed by atoms with E-state index in [0.717, 1.165) is 0 Å². The molecule has 0 heterocycles. The molecule has 0 aromatic rings. The standard InChI is InChI=1S/C8H18N2O2S/c1-6-5-7(6)8(10-9)3-4-13(2,11)12/h6-8,10H,3-5,9H2,1-2H3. The summed E-state index contributed by atoms with van der Waals surface area (Å²) in [6, 6.07) is 0.171. The van der Waals surface area contributed by atoms with E-state index in [1.165, 1.54) is 12.7 Å². The molecule has 3 N–H and O–H groups in total. The number of rotatable bonds is 5. The summed E-state index contributed by atoms with van der Waals surface area (Å²) in [5.74, 6) is 6.86. The van der Waals surface area contributed by atoms with E-state index in [1.807, 2.05) is 0 Å². The van der Waals surface area contributed by atoms with Gasteiger partial charge in [-0.3, -0.25) is 11.3 Å². The lowest BCUT2D eigenvalue weighted by atomic mass is 10.1. The van der Waals surface area contributed by atoms with Gasteiger partial charge in [0.25, 0.3) is 0 Å². The zero-order chi connectivity index (χ0) is 10.1. The van der Waals surface area contributed by atoms with Crippen LogP contribution >= 0.6 is 0 Å². The minimum absolute atomic E-state index is 0.171. The summed E-state index contributed by atoms with van der Waals surface area (Å²) in [7, 11) is -2.85. The summed E-state index contributed by atoms with van der Waals surface area (Å²) in [6.07, 6.45) is 3.06. The van der Waals surface area contributed by atoms with Crippen LogP contribution in [-0.2, 0) is 9.84 Å². The molecule has 0 aliphatic heterocycles. The van der Waals surface area contributed by atoms with Crippen LogP contribution in [0.5, 0.6) is 0 Å². The third kappa shape index (κ3) is 3.62. The lowest BCUT2D eigenvalue weighted by molar-refractivity contribution is 0.444. The first-order valence-corrected chi connectivity index (χ1v) is 6.64. The summed E-state index contributed by atoms with van der Waals surface area (Å²) in [4.78, 5) is 0. The first-order valence-electron chi connectivity index (χ1n) is 4.58. The molecule has 0 bridgehead atoms. The van der Waals surface area contributed by atoms with Crippen molar-refractivity contribution in [2.45, 2.75) is 25.8 Å². The highest BCUT2D eigenvalue weighted by Crippen LogP contribution is 2.41. The van der Waals surface area contributed by atoms with Gasteiger partial charge in [0.15, 0.2) is 0 Å². The summed E-state index contributed by atoms with van der Waals surface area (Å²) < 4.78 is 21.8. The minimum atomic E-state index is -2.85. The molecule has 1 rings (SSSR count). The molecule has 3 unspecified atom stereocenters. The van der Waals surface area contributed by atoms with E-state index in [1.54, 1.807) is 0 Å². The molecule has 5 heteroatoms. The van der Waals surface area contributed by atoms with Crippen LogP contribution in [0.15, 0.2) is 0 Å². The van der Waals surface area contributed by atoms with Gasteiger partial charge in [0.2, 0.25) is 0 Å². The molecular weight excluding hydrogens is 188 g/mol. The Kier molecular flexibility index (Phi) is 3.32. The van der Waals surface area contributed by atoms with Gasteiger partial charge >= 0.3 is 0 Å². The molecule has 0 saturated heterocycles. The number of hydrazine groups is 1. The maximum atomic E-state index is 10.9. The summed E-state index contributed by atoms with van der Waals surface area (Å²) >= 11 is 0. The molecule has 1 aliphatic carbocycles. The lowest BCUT2D eigenvalue weighted by Crippen LogP contribution is -2.38. The van der Waals surface area contributed by atoms with Crippen LogP contribution < -0.4 is 11.3 Å². The van der Waals surface area contributed by atoms with Gasteiger partial charge in [-0.2, -0.15) is 0 Å². The van der Waals surface area contributed by atoms with Crippen LogP contribution in [0.3, 0.4) is 0 Å². The van der Waals surface area contributed by atoms with Crippen molar-refractivity contribution in [3.8, 4) is 0 Å². The normalized spacial score (nSPS) is 30.1. The van der Waals surface area contributed by atoms with Gasteiger partial charge in [-0.25, -0.2) is 8.42 Å². The molecule has 3 atom stereocenters. The zero-order valence-electron chi connectivity index (χ0n) is 8.16. The highest BCUT2D eigenvalue weighted by atomic mass is 32.2. The molecule has 13 heavy (non-hydrogen) atoms. The maximum Gasteiger partial charge on any atom is 0.147 e. The molecular formula is C8H18N2O2S. The van der Waals surface area contributed by atoms with Gasteiger partial charge in [0.05, 0.1) is 5.75 Å².